The number of nitrogens with zero attached hydrogens (tertiary/aromatic N) is 3. The zero-order valence-electron chi connectivity index (χ0n) is 33.1. The van der Waals surface area contributed by atoms with Gasteiger partial charge in [-0.2, -0.15) is 0 Å². The zero-order valence-corrected chi connectivity index (χ0v) is 35.1. The van der Waals surface area contributed by atoms with Gasteiger partial charge in [0.1, 0.15) is 36.2 Å². The summed E-state index contributed by atoms with van der Waals surface area (Å²) in [4.78, 5) is 43.2. The lowest BCUT2D eigenvalue weighted by atomic mass is 9.99. The summed E-state index contributed by atoms with van der Waals surface area (Å²) in [5, 5.41) is 11.7. The Labute approximate surface area is 315 Å². The maximum Gasteiger partial charge on any atom is 0.333 e. The molecule has 290 valence electrons. The summed E-state index contributed by atoms with van der Waals surface area (Å²) >= 11 is 0. The van der Waals surface area contributed by atoms with Gasteiger partial charge in [0.05, 0.1) is 13.7 Å². The Morgan fingerprint density at radius 1 is 0.925 bits per heavy atom. The minimum absolute atomic E-state index is 0.00954. The van der Waals surface area contributed by atoms with E-state index in [1.54, 1.807) is 36.3 Å². The van der Waals surface area contributed by atoms with Crippen LogP contribution < -0.4 is 26.6 Å². The van der Waals surface area contributed by atoms with E-state index in [4.69, 9.17) is 24.1 Å². The van der Waals surface area contributed by atoms with Crippen molar-refractivity contribution in [3.8, 4) is 5.75 Å². The Morgan fingerprint density at radius 3 is 2.09 bits per heavy atom. The van der Waals surface area contributed by atoms with Crippen molar-refractivity contribution in [2.24, 2.45) is 5.73 Å². The van der Waals surface area contributed by atoms with Gasteiger partial charge in [-0.3, -0.25) is 18.7 Å². The molecule has 5 rings (SSSR count). The maximum atomic E-state index is 14.4. The first-order valence-electron chi connectivity index (χ1n) is 18.4. The number of aliphatic hydroxyl groups excluding tert-OH is 1. The Kier molecular flexibility index (Phi) is 11.6. The number of hydrogen-bond donors (Lipinski definition) is 2. The van der Waals surface area contributed by atoms with Crippen LogP contribution in [0.25, 0.3) is 0 Å². The summed E-state index contributed by atoms with van der Waals surface area (Å²) < 4.78 is 28.8. The summed E-state index contributed by atoms with van der Waals surface area (Å²) in [6, 6.07) is 14.7. The third-order valence-electron chi connectivity index (χ3n) is 11.7. The Balaban J connectivity index is 1.61. The molecule has 14 heteroatoms. The minimum Gasteiger partial charge on any atom is -0.497 e. The molecule has 6 atom stereocenters. The molecule has 1 fully saturated rings. The quantitative estimate of drug-likeness (QED) is 0.257. The summed E-state index contributed by atoms with van der Waals surface area (Å²) in [5.74, 6) is 0.215. The molecule has 0 aliphatic carbocycles. The second-order valence-corrected chi connectivity index (χ2v) is 26.9. The zero-order chi connectivity index (χ0) is 39.3. The number of fused-ring (bicyclic) bond motifs is 1. The number of carbonyl (C=O) groups is 1. The van der Waals surface area contributed by atoms with Gasteiger partial charge in [-0.15, -0.1) is 0 Å². The molecule has 1 amide bonds. The molecule has 2 aromatic carbocycles. The van der Waals surface area contributed by atoms with Gasteiger partial charge in [-0.05, 0) is 72.0 Å². The Bertz CT molecular complexity index is 1900. The van der Waals surface area contributed by atoms with Crippen molar-refractivity contribution in [2.75, 3.05) is 18.6 Å². The predicted molar refractivity (Wildman–Crippen MR) is 212 cm³/mol. The molecule has 0 unspecified atom stereocenters. The fourth-order valence-corrected chi connectivity index (χ4v) is 8.93. The second-order valence-electron chi connectivity index (χ2n) is 17.3. The van der Waals surface area contributed by atoms with Crippen LogP contribution in [0, 0.1) is 0 Å². The third-order valence-corrected chi connectivity index (χ3v) is 20.7. The van der Waals surface area contributed by atoms with Crippen LogP contribution in [-0.4, -0.2) is 80.9 Å². The number of hydrogen-bond acceptors (Lipinski definition) is 9. The number of aromatic nitrogens is 2. The molecule has 1 aromatic heterocycles. The van der Waals surface area contributed by atoms with Crippen molar-refractivity contribution in [3.63, 3.8) is 0 Å². The van der Waals surface area contributed by atoms with Crippen LogP contribution in [0.2, 0.25) is 36.3 Å². The molecule has 12 nitrogen and oxygen atoms in total. The van der Waals surface area contributed by atoms with E-state index in [9.17, 15) is 19.5 Å². The van der Waals surface area contributed by atoms with Crippen molar-refractivity contribution in [3.05, 3.63) is 92.8 Å². The number of carbonyl (C=O) groups excluding carboxylic acids is 1. The fraction of sp³-hybridized carbons (Fsp3) is 0.564. The summed E-state index contributed by atoms with van der Waals surface area (Å²) in [6.45, 7) is 21.5. The molecule has 0 spiro atoms. The van der Waals surface area contributed by atoms with Crippen LogP contribution >= 0.6 is 0 Å². The van der Waals surface area contributed by atoms with Gasteiger partial charge in [-0.1, -0.05) is 71.9 Å². The molecule has 0 bridgehead atoms. The van der Waals surface area contributed by atoms with Gasteiger partial charge in [0.25, 0.3) is 5.56 Å². The lowest BCUT2D eigenvalue weighted by Crippen LogP contribution is -2.59. The first kappa shape index (κ1) is 40.8. The lowest BCUT2D eigenvalue weighted by Gasteiger charge is -2.44. The van der Waals surface area contributed by atoms with E-state index in [1.807, 2.05) is 24.3 Å². The Hall–Kier alpha value is -3.38. The first-order valence-corrected chi connectivity index (χ1v) is 24.2. The van der Waals surface area contributed by atoms with Crippen LogP contribution in [0.5, 0.6) is 5.75 Å². The van der Waals surface area contributed by atoms with Gasteiger partial charge in [0, 0.05) is 24.5 Å². The number of amides is 1. The van der Waals surface area contributed by atoms with Crippen LogP contribution in [0.4, 0.5) is 5.69 Å². The van der Waals surface area contributed by atoms with E-state index in [-0.39, 0.29) is 16.6 Å². The molecule has 3 N–H and O–H groups in total. The molecule has 1 saturated heterocycles. The van der Waals surface area contributed by atoms with Crippen molar-refractivity contribution in [2.45, 2.75) is 127 Å². The number of rotatable bonds is 11. The van der Waals surface area contributed by atoms with E-state index in [0.717, 1.165) is 21.4 Å². The highest BCUT2D eigenvalue weighted by Gasteiger charge is 2.57. The topological polar surface area (TPSA) is 147 Å². The summed E-state index contributed by atoms with van der Waals surface area (Å²) in [7, 11) is -3.68. The lowest BCUT2D eigenvalue weighted by molar-refractivity contribution is -0.129. The molecule has 0 saturated carbocycles. The van der Waals surface area contributed by atoms with Crippen LogP contribution in [0.3, 0.4) is 0 Å². The molecule has 3 heterocycles. The monoisotopic (exact) mass is 766 g/mol. The van der Waals surface area contributed by atoms with Crippen molar-refractivity contribution in [1.82, 2.24) is 9.13 Å². The van der Waals surface area contributed by atoms with Gasteiger partial charge in [-0.25, -0.2) is 4.79 Å². The van der Waals surface area contributed by atoms with Gasteiger partial charge in [0.15, 0.2) is 22.9 Å². The number of anilines is 1. The van der Waals surface area contributed by atoms with Crippen molar-refractivity contribution >= 4 is 28.2 Å². The largest absolute Gasteiger partial charge is 0.497 e. The maximum absolute atomic E-state index is 14.4. The van der Waals surface area contributed by atoms with Crippen molar-refractivity contribution in [1.29, 1.82) is 0 Å². The van der Waals surface area contributed by atoms with E-state index in [1.165, 1.54) is 16.8 Å². The number of aliphatic hydroxyl groups is 1. The van der Waals surface area contributed by atoms with Crippen LogP contribution in [0.1, 0.15) is 58.9 Å². The average molecular weight is 767 g/mol. The van der Waals surface area contributed by atoms with E-state index >= 15 is 0 Å². The standard InChI is InChI=1S/C39H58N4O8Si2/c1-38(2,3)52(8,9)50-33-32(31(45)30(40)35(46)41-22-20-26-14-12-13-15-28(26)41)49-36(34(33)51-53(10,11)39(4,5)6)42-23-21-29(44)43(37(42)47)24-25-16-18-27(48-7)19-17-25/h12-19,21,23,30-34,36,45H,20,22,24,40H2,1-11H3/t30-,31-,32+,33+,34+,36+/m0/s1. The van der Waals surface area contributed by atoms with E-state index in [0.29, 0.717) is 18.7 Å². The van der Waals surface area contributed by atoms with Gasteiger partial charge in [0.2, 0.25) is 5.91 Å². The van der Waals surface area contributed by atoms with Gasteiger partial charge >= 0.3 is 5.69 Å². The number of para-hydroxylation sites is 1. The predicted octanol–water partition coefficient (Wildman–Crippen LogP) is 5.02. The molecular formula is C39H58N4O8Si2. The minimum atomic E-state index is -2.62. The molecule has 3 aromatic rings. The molecule has 53 heavy (non-hydrogen) atoms. The summed E-state index contributed by atoms with van der Waals surface area (Å²) in [5.41, 5.74) is 8.11. The number of nitrogens with two attached hydrogens (primary N) is 1. The van der Waals surface area contributed by atoms with E-state index in [2.05, 4.69) is 67.7 Å². The first-order chi connectivity index (χ1) is 24.6. The number of ether oxygens (including phenoxy) is 2. The van der Waals surface area contributed by atoms with Crippen molar-refractivity contribution < 1.29 is 28.2 Å². The fourth-order valence-electron chi connectivity index (χ4n) is 6.34. The average Bonchev–Trinajstić information content (AvgIpc) is 3.66. The highest BCUT2D eigenvalue weighted by atomic mass is 28.4. The van der Waals surface area contributed by atoms with Gasteiger partial charge < -0.3 is 34.1 Å². The number of benzene rings is 2. The highest BCUT2D eigenvalue weighted by Crippen LogP contribution is 2.46. The number of methoxy groups -OCH3 is 1. The molecular weight excluding hydrogens is 709 g/mol. The second kappa shape index (κ2) is 15.0. The highest BCUT2D eigenvalue weighted by molar-refractivity contribution is 6.74. The summed E-state index contributed by atoms with van der Waals surface area (Å²) in [6.07, 6.45) is -3.53. The normalized spacial score (nSPS) is 22.1. The SMILES string of the molecule is COc1ccc(Cn2c(=O)ccn([C@@H]3O[C@H]([C@@H](O)[C@H](N)C(=O)N4CCc5ccccc54)[C@@H](O[Si](C)(C)C(C)(C)C)[C@H]3O[Si](C)(C)C(C)(C)C)c2=O)cc1. The molecule has 2 aliphatic rings. The van der Waals surface area contributed by atoms with Crippen LogP contribution in [-0.2, 0) is 31.3 Å². The van der Waals surface area contributed by atoms with Crippen LogP contribution in [0.15, 0.2) is 70.4 Å². The Morgan fingerprint density at radius 2 is 1.51 bits per heavy atom. The van der Waals surface area contributed by atoms with E-state index < -0.39 is 70.5 Å². The molecule has 0 radical (unpaired) electrons. The third kappa shape index (κ3) is 8.19. The molecule has 2 aliphatic heterocycles. The smallest absolute Gasteiger partial charge is 0.333 e.